The molecule has 0 fully saturated rings. The molecule has 0 saturated carbocycles. The molecular weight excluding hydrogens is 426 g/mol. The molecule has 0 aliphatic carbocycles. The van der Waals surface area contributed by atoms with Crippen LogP contribution in [0.25, 0.3) is 0 Å². The highest BCUT2D eigenvalue weighted by molar-refractivity contribution is 7.89. The molecule has 2 aromatic rings. The molecule has 0 atom stereocenters. The van der Waals surface area contributed by atoms with Gasteiger partial charge in [-0.05, 0) is 67.8 Å². The minimum absolute atomic E-state index is 0.126. The van der Waals surface area contributed by atoms with Gasteiger partial charge in [0.05, 0.1) is 4.90 Å². The molecule has 2 aromatic carbocycles. The molecule has 0 spiro atoms. The molecule has 0 heterocycles. The summed E-state index contributed by atoms with van der Waals surface area (Å²) in [4.78, 5) is 24.5. The van der Waals surface area contributed by atoms with Crippen molar-refractivity contribution in [2.45, 2.75) is 31.6 Å². The van der Waals surface area contributed by atoms with Crippen LogP contribution in [0.4, 0.5) is 5.69 Å². The van der Waals surface area contributed by atoms with Gasteiger partial charge in [-0.3, -0.25) is 9.59 Å². The Hall–Kier alpha value is -2.42. The van der Waals surface area contributed by atoms with Crippen molar-refractivity contribution < 1.29 is 18.0 Å². The minimum atomic E-state index is -3.61. The standard InChI is InChI=1S/C21H26ClN3O4S/c1-14-12-18(30(28,29)25(3)4)13-19(15(14)2)24-20(26)6-5-11-23-21(27)16-7-9-17(22)10-8-16/h7-10,12-13H,5-6,11H2,1-4H3,(H,23,27)(H,24,26). The molecule has 9 heteroatoms. The van der Waals surface area contributed by atoms with Crippen LogP contribution in [-0.4, -0.2) is 45.2 Å². The number of nitrogens with one attached hydrogen (secondary N) is 2. The molecule has 162 valence electrons. The summed E-state index contributed by atoms with van der Waals surface area (Å²) in [6.45, 7) is 3.96. The SMILES string of the molecule is Cc1cc(S(=O)(=O)N(C)C)cc(NC(=O)CCCNC(=O)c2ccc(Cl)cc2)c1C. The Morgan fingerprint density at radius 2 is 1.70 bits per heavy atom. The van der Waals surface area contributed by atoms with Gasteiger partial charge in [-0.2, -0.15) is 0 Å². The number of benzene rings is 2. The van der Waals surface area contributed by atoms with E-state index in [9.17, 15) is 18.0 Å². The second kappa shape index (κ2) is 10.1. The fraction of sp³-hybridized carbons (Fsp3) is 0.333. The van der Waals surface area contributed by atoms with Crippen molar-refractivity contribution in [3.8, 4) is 0 Å². The van der Waals surface area contributed by atoms with Crippen LogP contribution in [0.15, 0.2) is 41.3 Å². The van der Waals surface area contributed by atoms with E-state index < -0.39 is 10.0 Å². The maximum Gasteiger partial charge on any atom is 0.251 e. The summed E-state index contributed by atoms with van der Waals surface area (Å²) < 4.78 is 26.0. The molecule has 0 bridgehead atoms. The maximum atomic E-state index is 12.4. The summed E-state index contributed by atoms with van der Waals surface area (Å²) in [5, 5.41) is 6.08. The van der Waals surface area contributed by atoms with E-state index >= 15 is 0 Å². The molecule has 0 aliphatic rings. The molecule has 0 aromatic heterocycles. The number of nitrogens with zero attached hydrogens (tertiary/aromatic N) is 1. The Balaban J connectivity index is 1.94. The van der Waals surface area contributed by atoms with Gasteiger partial charge in [0.1, 0.15) is 0 Å². The topological polar surface area (TPSA) is 95.6 Å². The lowest BCUT2D eigenvalue weighted by Crippen LogP contribution is -2.25. The molecule has 0 saturated heterocycles. The van der Waals surface area contributed by atoms with Crippen LogP contribution < -0.4 is 10.6 Å². The third-order valence-electron chi connectivity index (χ3n) is 4.67. The number of amides is 2. The van der Waals surface area contributed by atoms with Gasteiger partial charge in [0.2, 0.25) is 15.9 Å². The molecule has 2 amide bonds. The van der Waals surface area contributed by atoms with E-state index in [-0.39, 0.29) is 23.1 Å². The maximum absolute atomic E-state index is 12.4. The number of rotatable bonds is 8. The number of sulfonamides is 1. The summed E-state index contributed by atoms with van der Waals surface area (Å²) in [7, 11) is -0.689. The molecular formula is C21H26ClN3O4S. The zero-order valence-corrected chi connectivity index (χ0v) is 19.0. The molecule has 7 nitrogen and oxygen atoms in total. The third kappa shape index (κ3) is 6.04. The van der Waals surface area contributed by atoms with Gasteiger partial charge >= 0.3 is 0 Å². The number of halogens is 1. The van der Waals surface area contributed by atoms with Crippen LogP contribution in [0.2, 0.25) is 5.02 Å². The van der Waals surface area contributed by atoms with Crippen LogP contribution in [0.3, 0.4) is 0 Å². The van der Waals surface area contributed by atoms with E-state index in [1.807, 2.05) is 6.92 Å². The first-order chi connectivity index (χ1) is 14.0. The molecule has 2 N–H and O–H groups in total. The summed E-state index contributed by atoms with van der Waals surface area (Å²) in [5.74, 6) is -0.488. The second-order valence-electron chi connectivity index (χ2n) is 7.11. The molecule has 0 unspecified atom stereocenters. The third-order valence-corrected chi connectivity index (χ3v) is 6.71. The number of anilines is 1. The van der Waals surface area contributed by atoms with Gasteiger partial charge in [0.15, 0.2) is 0 Å². The zero-order valence-electron chi connectivity index (χ0n) is 17.5. The fourth-order valence-electron chi connectivity index (χ4n) is 2.68. The normalized spacial score (nSPS) is 11.4. The van der Waals surface area contributed by atoms with Crippen LogP contribution in [0.1, 0.15) is 34.3 Å². The number of hydrogen-bond acceptors (Lipinski definition) is 4. The van der Waals surface area contributed by atoms with Gasteiger partial charge in [0, 0.05) is 43.3 Å². The summed E-state index contributed by atoms with van der Waals surface area (Å²) in [6.07, 6.45) is 0.628. The van der Waals surface area contributed by atoms with E-state index in [4.69, 9.17) is 11.6 Å². The highest BCUT2D eigenvalue weighted by atomic mass is 35.5. The minimum Gasteiger partial charge on any atom is -0.352 e. The van der Waals surface area contributed by atoms with Crippen LogP contribution in [0.5, 0.6) is 0 Å². The molecule has 2 rings (SSSR count). The summed E-state index contributed by atoms with van der Waals surface area (Å²) >= 11 is 5.80. The van der Waals surface area contributed by atoms with Crippen LogP contribution >= 0.6 is 11.6 Å². The van der Waals surface area contributed by atoms with E-state index in [0.717, 1.165) is 15.4 Å². The van der Waals surface area contributed by atoms with Crippen molar-refractivity contribution in [1.29, 1.82) is 0 Å². The molecule has 0 radical (unpaired) electrons. The first-order valence-electron chi connectivity index (χ1n) is 9.39. The summed E-state index contributed by atoms with van der Waals surface area (Å²) in [5.41, 5.74) is 2.53. The van der Waals surface area contributed by atoms with E-state index in [0.29, 0.717) is 29.2 Å². The Morgan fingerprint density at radius 1 is 1.07 bits per heavy atom. The fourth-order valence-corrected chi connectivity index (χ4v) is 3.82. The van der Waals surface area contributed by atoms with Crippen molar-refractivity contribution >= 4 is 39.1 Å². The zero-order chi connectivity index (χ0) is 22.5. The average Bonchev–Trinajstić information content (AvgIpc) is 2.68. The molecule has 0 aliphatic heterocycles. The number of carbonyl (C=O) groups excluding carboxylic acids is 2. The first-order valence-corrected chi connectivity index (χ1v) is 11.2. The average molecular weight is 452 g/mol. The van der Waals surface area contributed by atoms with Gasteiger partial charge in [-0.1, -0.05) is 11.6 Å². The number of carbonyl (C=O) groups is 2. The quantitative estimate of drug-likeness (QED) is 0.601. The van der Waals surface area contributed by atoms with Crippen LogP contribution in [0, 0.1) is 13.8 Å². The number of aryl methyl sites for hydroxylation is 1. The van der Waals surface area contributed by atoms with Gasteiger partial charge in [-0.25, -0.2) is 12.7 Å². The van der Waals surface area contributed by atoms with Gasteiger partial charge < -0.3 is 10.6 Å². The van der Waals surface area contributed by atoms with Crippen molar-refractivity contribution in [3.05, 3.63) is 58.1 Å². The predicted octanol–water partition coefficient (Wildman–Crippen LogP) is 3.36. The van der Waals surface area contributed by atoms with Crippen molar-refractivity contribution in [3.63, 3.8) is 0 Å². The Morgan fingerprint density at radius 3 is 2.30 bits per heavy atom. The highest BCUT2D eigenvalue weighted by Crippen LogP contribution is 2.25. The van der Waals surface area contributed by atoms with Crippen molar-refractivity contribution in [2.75, 3.05) is 26.0 Å². The lowest BCUT2D eigenvalue weighted by Gasteiger charge is -2.16. The Bertz CT molecular complexity index is 1030. The predicted molar refractivity (Wildman–Crippen MR) is 118 cm³/mol. The van der Waals surface area contributed by atoms with E-state index in [2.05, 4.69) is 10.6 Å². The van der Waals surface area contributed by atoms with Crippen molar-refractivity contribution in [2.24, 2.45) is 0 Å². The lowest BCUT2D eigenvalue weighted by atomic mass is 10.1. The first kappa shape index (κ1) is 23.9. The summed E-state index contributed by atoms with van der Waals surface area (Å²) in [6, 6.07) is 9.59. The monoisotopic (exact) mass is 451 g/mol. The van der Waals surface area contributed by atoms with Gasteiger partial charge in [0.25, 0.3) is 5.91 Å². The largest absolute Gasteiger partial charge is 0.352 e. The highest BCUT2D eigenvalue weighted by Gasteiger charge is 2.20. The Labute approximate surface area is 182 Å². The van der Waals surface area contributed by atoms with E-state index in [1.54, 1.807) is 37.3 Å². The van der Waals surface area contributed by atoms with Gasteiger partial charge in [-0.15, -0.1) is 0 Å². The number of hydrogen-bond donors (Lipinski definition) is 2. The lowest BCUT2D eigenvalue weighted by molar-refractivity contribution is -0.116. The smallest absolute Gasteiger partial charge is 0.251 e. The Kier molecular flexibility index (Phi) is 8.00. The van der Waals surface area contributed by atoms with Crippen molar-refractivity contribution in [1.82, 2.24) is 9.62 Å². The van der Waals surface area contributed by atoms with E-state index in [1.165, 1.54) is 20.2 Å². The van der Waals surface area contributed by atoms with Crippen LogP contribution in [-0.2, 0) is 14.8 Å². The second-order valence-corrected chi connectivity index (χ2v) is 9.70. The molecule has 30 heavy (non-hydrogen) atoms.